The van der Waals surface area contributed by atoms with E-state index in [1.165, 1.54) is 12.1 Å². The highest BCUT2D eigenvalue weighted by atomic mass is 32.2. The highest BCUT2D eigenvalue weighted by molar-refractivity contribution is 8.00. The van der Waals surface area contributed by atoms with E-state index in [4.69, 9.17) is 4.42 Å². The second kappa shape index (κ2) is 6.58. The zero-order chi connectivity index (χ0) is 19.1. The fraction of sp³-hybridized carbons (Fsp3) is 0.400. The van der Waals surface area contributed by atoms with Crippen molar-refractivity contribution >= 4 is 11.8 Å². The van der Waals surface area contributed by atoms with Crippen molar-refractivity contribution in [3.05, 3.63) is 53.9 Å². The van der Waals surface area contributed by atoms with Gasteiger partial charge in [0.15, 0.2) is 5.76 Å². The molecule has 0 aliphatic carbocycles. The van der Waals surface area contributed by atoms with E-state index in [0.29, 0.717) is 11.7 Å². The van der Waals surface area contributed by atoms with Crippen LogP contribution in [0.15, 0.2) is 45.8 Å². The SMILES string of the molecule is Cn1nc(C(C)(C)C)cc1-c1cnc(C(C)(C)Sc2ccc(F)cc2)o1. The summed E-state index contributed by atoms with van der Waals surface area (Å²) in [7, 11) is 1.91. The van der Waals surface area contributed by atoms with Crippen LogP contribution in [0.1, 0.15) is 46.2 Å². The molecule has 0 saturated carbocycles. The lowest BCUT2D eigenvalue weighted by molar-refractivity contribution is 0.458. The first-order valence-corrected chi connectivity index (χ1v) is 9.34. The molecule has 0 bridgehead atoms. The number of oxazole rings is 1. The molecule has 0 aliphatic rings. The van der Waals surface area contributed by atoms with E-state index < -0.39 is 0 Å². The molecule has 0 radical (unpaired) electrons. The van der Waals surface area contributed by atoms with E-state index in [1.807, 2.05) is 31.6 Å². The van der Waals surface area contributed by atoms with Crippen LogP contribution < -0.4 is 0 Å². The Bertz CT molecular complexity index is 904. The van der Waals surface area contributed by atoms with E-state index in [2.05, 4.69) is 30.9 Å². The molecule has 0 fully saturated rings. The molecule has 0 N–H and O–H groups in total. The summed E-state index contributed by atoms with van der Waals surface area (Å²) in [6.45, 7) is 10.5. The molecule has 0 unspecified atom stereocenters. The average Bonchev–Trinajstić information content (AvgIpc) is 3.15. The number of rotatable bonds is 4. The smallest absolute Gasteiger partial charge is 0.211 e. The van der Waals surface area contributed by atoms with E-state index in [1.54, 1.807) is 30.1 Å². The van der Waals surface area contributed by atoms with Gasteiger partial charge in [0.1, 0.15) is 11.5 Å². The van der Waals surface area contributed by atoms with Crippen molar-refractivity contribution in [2.45, 2.75) is 49.7 Å². The number of halogens is 1. The van der Waals surface area contributed by atoms with Crippen LogP contribution in [0.2, 0.25) is 0 Å². The maximum atomic E-state index is 13.1. The van der Waals surface area contributed by atoms with Gasteiger partial charge in [-0.3, -0.25) is 4.68 Å². The third-order valence-corrected chi connectivity index (χ3v) is 5.30. The standard InChI is InChI=1S/C20H24FN3OS/c1-19(2,3)17-11-15(24(6)23-17)16-12-22-18(25-16)20(4,5)26-14-9-7-13(21)8-10-14/h7-12H,1-6H3. The quantitative estimate of drug-likeness (QED) is 0.563. The van der Waals surface area contributed by atoms with Gasteiger partial charge < -0.3 is 4.42 Å². The third-order valence-electron chi connectivity index (χ3n) is 4.11. The van der Waals surface area contributed by atoms with Crippen LogP contribution >= 0.6 is 11.8 Å². The first-order valence-electron chi connectivity index (χ1n) is 8.52. The van der Waals surface area contributed by atoms with Gasteiger partial charge in [-0.1, -0.05) is 20.8 Å². The van der Waals surface area contributed by atoms with Crippen molar-refractivity contribution in [1.82, 2.24) is 14.8 Å². The Labute approximate surface area is 157 Å². The summed E-state index contributed by atoms with van der Waals surface area (Å²) in [6, 6.07) is 8.50. The summed E-state index contributed by atoms with van der Waals surface area (Å²) in [5, 5.41) is 4.59. The predicted octanol–water partition coefficient (Wildman–Crippen LogP) is 5.54. The maximum absolute atomic E-state index is 13.1. The molecule has 0 atom stereocenters. The molecule has 26 heavy (non-hydrogen) atoms. The summed E-state index contributed by atoms with van der Waals surface area (Å²) < 4.78 is 20.6. The van der Waals surface area contributed by atoms with Crippen molar-refractivity contribution in [3.8, 4) is 11.5 Å². The molecule has 3 aromatic rings. The topological polar surface area (TPSA) is 43.9 Å². The van der Waals surface area contributed by atoms with Gasteiger partial charge in [-0.25, -0.2) is 9.37 Å². The van der Waals surface area contributed by atoms with Crippen LogP contribution in [0.5, 0.6) is 0 Å². The highest BCUT2D eigenvalue weighted by Crippen LogP contribution is 2.41. The lowest BCUT2D eigenvalue weighted by Crippen LogP contribution is -2.12. The fourth-order valence-corrected chi connectivity index (χ4v) is 3.62. The Kier molecular flexibility index (Phi) is 4.73. The Morgan fingerprint density at radius 3 is 2.31 bits per heavy atom. The van der Waals surface area contributed by atoms with Crippen molar-refractivity contribution < 1.29 is 8.81 Å². The van der Waals surface area contributed by atoms with Gasteiger partial charge in [-0.05, 0) is 44.2 Å². The molecule has 0 saturated heterocycles. The fourth-order valence-electron chi connectivity index (χ4n) is 2.58. The monoisotopic (exact) mass is 373 g/mol. The van der Waals surface area contributed by atoms with Crippen molar-refractivity contribution in [3.63, 3.8) is 0 Å². The number of aromatic nitrogens is 3. The minimum atomic E-state index is -0.387. The first-order chi connectivity index (χ1) is 12.1. The lowest BCUT2D eigenvalue weighted by atomic mass is 9.92. The molecule has 6 heteroatoms. The molecule has 0 aliphatic heterocycles. The van der Waals surface area contributed by atoms with Gasteiger partial charge >= 0.3 is 0 Å². The van der Waals surface area contributed by atoms with Crippen molar-refractivity contribution in [2.75, 3.05) is 0 Å². The number of nitrogens with zero attached hydrogens (tertiary/aromatic N) is 3. The van der Waals surface area contributed by atoms with Crippen LogP contribution in [0, 0.1) is 5.82 Å². The van der Waals surface area contributed by atoms with Crippen LogP contribution in [0.4, 0.5) is 4.39 Å². The second-order valence-electron chi connectivity index (χ2n) is 7.88. The largest absolute Gasteiger partial charge is 0.438 e. The summed E-state index contributed by atoms with van der Waals surface area (Å²) in [4.78, 5) is 5.45. The Hall–Kier alpha value is -2.08. The van der Waals surface area contributed by atoms with Crippen LogP contribution in [0.25, 0.3) is 11.5 Å². The summed E-state index contributed by atoms with van der Waals surface area (Å²) in [6.07, 6.45) is 1.74. The normalized spacial score (nSPS) is 12.6. The second-order valence-corrected chi connectivity index (χ2v) is 9.58. The van der Waals surface area contributed by atoms with Crippen LogP contribution in [-0.4, -0.2) is 14.8 Å². The van der Waals surface area contributed by atoms with Crippen molar-refractivity contribution in [2.24, 2.45) is 7.05 Å². The highest BCUT2D eigenvalue weighted by Gasteiger charge is 2.29. The van der Waals surface area contributed by atoms with Gasteiger partial charge in [0.2, 0.25) is 5.89 Å². The molecule has 0 amide bonds. The summed E-state index contributed by atoms with van der Waals surface area (Å²) >= 11 is 1.58. The van der Waals surface area contributed by atoms with E-state index in [0.717, 1.165) is 16.3 Å². The number of thioether (sulfide) groups is 1. The third kappa shape index (κ3) is 3.85. The molecule has 138 valence electrons. The molecule has 2 heterocycles. The summed E-state index contributed by atoms with van der Waals surface area (Å²) in [5.41, 5.74) is 1.88. The van der Waals surface area contributed by atoms with E-state index in [-0.39, 0.29) is 16.0 Å². The van der Waals surface area contributed by atoms with Crippen LogP contribution in [0.3, 0.4) is 0 Å². The van der Waals surface area contributed by atoms with Crippen LogP contribution in [-0.2, 0) is 17.2 Å². The lowest BCUT2D eigenvalue weighted by Gasteiger charge is -2.20. The Morgan fingerprint density at radius 1 is 1.08 bits per heavy atom. The van der Waals surface area contributed by atoms with Gasteiger partial charge in [0.25, 0.3) is 0 Å². The van der Waals surface area contributed by atoms with E-state index >= 15 is 0 Å². The molecule has 1 aromatic carbocycles. The first kappa shape index (κ1) is 18.7. The molecular formula is C20H24FN3OS. The van der Waals surface area contributed by atoms with Crippen molar-refractivity contribution in [1.29, 1.82) is 0 Å². The molecular weight excluding hydrogens is 349 g/mol. The van der Waals surface area contributed by atoms with E-state index in [9.17, 15) is 4.39 Å². The number of benzene rings is 1. The number of aryl methyl sites for hydroxylation is 1. The van der Waals surface area contributed by atoms with Gasteiger partial charge in [-0.15, -0.1) is 11.8 Å². The molecule has 0 spiro atoms. The predicted molar refractivity (Wildman–Crippen MR) is 103 cm³/mol. The average molecular weight is 373 g/mol. The molecule has 3 rings (SSSR count). The zero-order valence-corrected chi connectivity index (χ0v) is 16.8. The number of hydrogen-bond acceptors (Lipinski definition) is 4. The maximum Gasteiger partial charge on any atom is 0.211 e. The Balaban J connectivity index is 1.87. The van der Waals surface area contributed by atoms with Gasteiger partial charge in [-0.2, -0.15) is 5.10 Å². The molecule has 4 nitrogen and oxygen atoms in total. The zero-order valence-electron chi connectivity index (χ0n) is 16.0. The minimum absolute atomic E-state index is 0.0312. The molecule has 2 aromatic heterocycles. The summed E-state index contributed by atoms with van der Waals surface area (Å²) in [5.74, 6) is 1.08. The number of hydrogen-bond donors (Lipinski definition) is 0. The van der Waals surface area contributed by atoms with Gasteiger partial charge in [0.05, 0.1) is 16.6 Å². The minimum Gasteiger partial charge on any atom is -0.438 e. The van der Waals surface area contributed by atoms with Gasteiger partial charge in [0, 0.05) is 17.4 Å². The Morgan fingerprint density at radius 2 is 1.73 bits per heavy atom.